The zero-order chi connectivity index (χ0) is 19.8. The predicted octanol–water partition coefficient (Wildman–Crippen LogP) is 1.80. The first-order valence-electron chi connectivity index (χ1n) is 10.1. The summed E-state index contributed by atoms with van der Waals surface area (Å²) in [4.78, 5) is 24.4. The standard InChI is InChI=1S/C22H30O5/c1-12-8-14-15-5-7-22(27,18(26)11-23)21(15,3)10-17(25)19(14)20(2)6-4-13(24)9-16(12)20/h4,6,9,12,14-15,17,19,23,25,27H,5,7-8,10-11H2,1-3H3/t12-,14-,15?,17-,19-,20-,21-,22-/m0/s1. The third kappa shape index (κ3) is 2.28. The van der Waals surface area contributed by atoms with Gasteiger partial charge in [0.15, 0.2) is 11.6 Å². The number of Topliss-reactive ketones (excluding diaryl/α,β-unsaturated/α-hetero) is 1. The zero-order valence-corrected chi connectivity index (χ0v) is 16.3. The van der Waals surface area contributed by atoms with Crippen LogP contribution in [0.3, 0.4) is 0 Å². The normalized spacial score (nSPS) is 51.3. The number of carbonyl (C=O) groups is 2. The van der Waals surface area contributed by atoms with Crippen LogP contribution in [0.1, 0.15) is 46.5 Å². The van der Waals surface area contributed by atoms with Gasteiger partial charge in [-0.2, -0.15) is 0 Å². The summed E-state index contributed by atoms with van der Waals surface area (Å²) in [6.45, 7) is 5.48. The van der Waals surface area contributed by atoms with Gasteiger partial charge in [-0.25, -0.2) is 0 Å². The summed E-state index contributed by atoms with van der Waals surface area (Å²) in [5.41, 5.74) is -1.59. The molecule has 0 spiro atoms. The Bertz CT molecular complexity index is 754. The first-order chi connectivity index (χ1) is 12.6. The number of aliphatic hydroxyl groups is 3. The molecule has 4 aliphatic rings. The smallest absolute Gasteiger partial charge is 0.190 e. The second kappa shape index (κ2) is 5.85. The van der Waals surface area contributed by atoms with E-state index in [0.29, 0.717) is 12.8 Å². The van der Waals surface area contributed by atoms with Crippen LogP contribution in [0.25, 0.3) is 0 Å². The van der Waals surface area contributed by atoms with Crippen molar-refractivity contribution in [3.63, 3.8) is 0 Å². The van der Waals surface area contributed by atoms with Crippen molar-refractivity contribution in [3.8, 4) is 0 Å². The number of carbonyl (C=O) groups excluding carboxylic acids is 2. The summed E-state index contributed by atoms with van der Waals surface area (Å²) < 4.78 is 0. The monoisotopic (exact) mass is 374 g/mol. The molecule has 3 fully saturated rings. The maximum atomic E-state index is 12.4. The molecule has 8 atom stereocenters. The lowest BCUT2D eigenvalue weighted by molar-refractivity contribution is -0.180. The fourth-order valence-corrected chi connectivity index (χ4v) is 7.34. The Hall–Kier alpha value is -1.30. The quantitative estimate of drug-likeness (QED) is 0.685. The molecule has 5 nitrogen and oxygen atoms in total. The molecule has 0 aromatic carbocycles. The van der Waals surface area contributed by atoms with Gasteiger partial charge in [-0.1, -0.05) is 32.4 Å². The third-order valence-corrected chi connectivity index (χ3v) is 8.57. The number of hydrogen-bond donors (Lipinski definition) is 3. The van der Waals surface area contributed by atoms with Crippen LogP contribution in [0.5, 0.6) is 0 Å². The van der Waals surface area contributed by atoms with Gasteiger partial charge in [0, 0.05) is 16.7 Å². The van der Waals surface area contributed by atoms with Gasteiger partial charge < -0.3 is 15.3 Å². The van der Waals surface area contributed by atoms with Crippen molar-refractivity contribution in [2.45, 2.75) is 58.2 Å². The highest BCUT2D eigenvalue weighted by molar-refractivity contribution is 6.01. The molecule has 0 radical (unpaired) electrons. The number of allylic oxidation sites excluding steroid dienone is 4. The predicted molar refractivity (Wildman–Crippen MR) is 99.6 cm³/mol. The van der Waals surface area contributed by atoms with E-state index >= 15 is 0 Å². The van der Waals surface area contributed by atoms with Crippen molar-refractivity contribution < 1.29 is 24.9 Å². The van der Waals surface area contributed by atoms with E-state index in [1.807, 2.05) is 13.0 Å². The summed E-state index contributed by atoms with van der Waals surface area (Å²) in [6, 6.07) is 0. The molecular formula is C22H30O5. The zero-order valence-electron chi connectivity index (χ0n) is 16.3. The second-order valence-corrected chi connectivity index (χ2v) is 9.72. The van der Waals surface area contributed by atoms with Crippen LogP contribution < -0.4 is 0 Å². The van der Waals surface area contributed by atoms with Gasteiger partial charge in [-0.3, -0.25) is 9.59 Å². The number of aliphatic hydroxyl groups excluding tert-OH is 2. The van der Waals surface area contributed by atoms with Crippen LogP contribution in [0.4, 0.5) is 0 Å². The molecule has 5 heteroatoms. The molecule has 0 saturated heterocycles. The molecule has 0 aromatic rings. The molecule has 4 rings (SSSR count). The lowest BCUT2D eigenvalue weighted by Gasteiger charge is -2.60. The Morgan fingerprint density at radius 3 is 2.70 bits per heavy atom. The van der Waals surface area contributed by atoms with Gasteiger partial charge in [0.25, 0.3) is 0 Å². The highest BCUT2D eigenvalue weighted by atomic mass is 16.3. The minimum Gasteiger partial charge on any atom is -0.393 e. The van der Waals surface area contributed by atoms with E-state index in [2.05, 4.69) is 13.8 Å². The lowest BCUT2D eigenvalue weighted by atomic mass is 9.45. The van der Waals surface area contributed by atoms with E-state index in [-0.39, 0.29) is 34.9 Å². The molecule has 1 unspecified atom stereocenters. The highest BCUT2D eigenvalue weighted by Crippen LogP contribution is 2.67. The summed E-state index contributed by atoms with van der Waals surface area (Å²) in [5.74, 6) is -0.0768. The molecule has 3 N–H and O–H groups in total. The molecule has 148 valence electrons. The van der Waals surface area contributed by atoms with Crippen LogP contribution in [0.2, 0.25) is 0 Å². The SMILES string of the molecule is C[C@H]1C[C@H]2C3CC[C@](O)(C(=O)CO)[C@@]3(C)C[C@H](O)[C@H]2[C@@]2(C)C=CC(=O)C=C12. The van der Waals surface area contributed by atoms with E-state index in [1.54, 1.807) is 12.2 Å². The molecule has 0 amide bonds. The number of rotatable bonds is 2. The summed E-state index contributed by atoms with van der Waals surface area (Å²) in [7, 11) is 0. The number of ketones is 2. The fraction of sp³-hybridized carbons (Fsp3) is 0.727. The van der Waals surface area contributed by atoms with E-state index in [1.165, 1.54) is 0 Å². The molecule has 3 saturated carbocycles. The van der Waals surface area contributed by atoms with Gasteiger partial charge >= 0.3 is 0 Å². The number of hydrogen-bond acceptors (Lipinski definition) is 5. The second-order valence-electron chi connectivity index (χ2n) is 9.72. The van der Waals surface area contributed by atoms with E-state index in [4.69, 9.17) is 0 Å². The first-order valence-corrected chi connectivity index (χ1v) is 10.1. The maximum Gasteiger partial charge on any atom is 0.190 e. The van der Waals surface area contributed by atoms with Gasteiger partial charge in [0.05, 0.1) is 6.10 Å². The van der Waals surface area contributed by atoms with Gasteiger partial charge in [0.1, 0.15) is 12.2 Å². The van der Waals surface area contributed by atoms with Crippen LogP contribution in [0, 0.1) is 34.5 Å². The van der Waals surface area contributed by atoms with Gasteiger partial charge in [-0.15, -0.1) is 0 Å². The largest absolute Gasteiger partial charge is 0.393 e. The Kier molecular flexibility index (Phi) is 4.12. The average molecular weight is 374 g/mol. The van der Waals surface area contributed by atoms with Crippen molar-refractivity contribution in [1.29, 1.82) is 0 Å². The highest BCUT2D eigenvalue weighted by Gasteiger charge is 2.68. The first kappa shape index (κ1) is 19.0. The maximum absolute atomic E-state index is 12.4. The van der Waals surface area contributed by atoms with E-state index in [9.17, 15) is 24.9 Å². The molecule has 27 heavy (non-hydrogen) atoms. The van der Waals surface area contributed by atoms with E-state index < -0.39 is 29.5 Å². The Labute approximate surface area is 160 Å². The average Bonchev–Trinajstić information content (AvgIpc) is 2.87. The summed E-state index contributed by atoms with van der Waals surface area (Å²) in [5, 5.41) is 31.9. The topological polar surface area (TPSA) is 94.8 Å². The Morgan fingerprint density at radius 2 is 2.04 bits per heavy atom. The minimum absolute atomic E-state index is 0.00620. The van der Waals surface area contributed by atoms with Gasteiger partial charge in [-0.05, 0) is 55.6 Å². The molecule has 0 bridgehead atoms. The molecule has 0 heterocycles. The molecular weight excluding hydrogens is 344 g/mol. The molecule has 4 aliphatic carbocycles. The lowest BCUT2D eigenvalue weighted by Crippen LogP contribution is -2.62. The number of fused-ring (bicyclic) bond motifs is 5. The minimum atomic E-state index is -1.57. The van der Waals surface area contributed by atoms with Crippen LogP contribution in [-0.4, -0.2) is 45.2 Å². The van der Waals surface area contributed by atoms with Gasteiger partial charge in [0.2, 0.25) is 0 Å². The van der Waals surface area contributed by atoms with Crippen molar-refractivity contribution in [2.24, 2.45) is 34.5 Å². The molecule has 0 aromatic heterocycles. The Morgan fingerprint density at radius 1 is 1.33 bits per heavy atom. The summed E-state index contributed by atoms with van der Waals surface area (Å²) in [6.07, 6.45) is 6.87. The van der Waals surface area contributed by atoms with Crippen LogP contribution >= 0.6 is 0 Å². The fourth-order valence-electron chi connectivity index (χ4n) is 7.34. The third-order valence-electron chi connectivity index (χ3n) is 8.57. The Balaban J connectivity index is 1.78. The van der Waals surface area contributed by atoms with Crippen molar-refractivity contribution in [1.82, 2.24) is 0 Å². The van der Waals surface area contributed by atoms with E-state index in [0.717, 1.165) is 18.4 Å². The van der Waals surface area contributed by atoms with Crippen molar-refractivity contribution in [3.05, 3.63) is 23.8 Å². The van der Waals surface area contributed by atoms with Crippen molar-refractivity contribution >= 4 is 11.6 Å². The van der Waals surface area contributed by atoms with Crippen molar-refractivity contribution in [2.75, 3.05) is 6.61 Å². The molecule has 0 aliphatic heterocycles. The van der Waals surface area contributed by atoms with Crippen LogP contribution in [-0.2, 0) is 9.59 Å². The van der Waals surface area contributed by atoms with Crippen LogP contribution in [0.15, 0.2) is 23.8 Å². The summed E-state index contributed by atoms with van der Waals surface area (Å²) >= 11 is 0.